The Kier molecular flexibility index (Phi) is 5.02. The van der Waals surface area contributed by atoms with Gasteiger partial charge in [-0.15, -0.1) is 0 Å². The largest absolute Gasteiger partial charge is 0.401 e. The molecule has 0 aliphatic rings. The van der Waals surface area contributed by atoms with Crippen molar-refractivity contribution in [1.29, 1.82) is 0 Å². The Bertz CT molecular complexity index is 192. The van der Waals surface area contributed by atoms with Crippen molar-refractivity contribution < 1.29 is 18.3 Å². The molecule has 0 bridgehead atoms. The highest BCUT2D eigenvalue weighted by Gasteiger charge is 2.34. The van der Waals surface area contributed by atoms with E-state index < -0.39 is 18.3 Å². The first-order chi connectivity index (χ1) is 6.57. The lowest BCUT2D eigenvalue weighted by Crippen LogP contribution is -2.54. The standard InChI is InChI=1S/C9H19F3N2O/c1-7(2)14(5-9(10,11)12)4-8(3,13)6-15/h7,15H,4-6,13H2,1-3H3. The third-order valence-corrected chi connectivity index (χ3v) is 2.04. The van der Waals surface area contributed by atoms with Crippen molar-refractivity contribution in [2.45, 2.75) is 38.5 Å². The second kappa shape index (κ2) is 5.14. The lowest BCUT2D eigenvalue weighted by atomic mass is 10.0. The molecule has 0 aromatic heterocycles. The number of nitrogens with zero attached hydrogens (tertiary/aromatic N) is 1. The molecule has 0 aliphatic carbocycles. The molecule has 1 atom stereocenters. The molecule has 0 aromatic rings. The van der Waals surface area contributed by atoms with E-state index >= 15 is 0 Å². The molecule has 0 spiro atoms. The summed E-state index contributed by atoms with van der Waals surface area (Å²) in [6.07, 6.45) is -4.24. The molecule has 0 radical (unpaired) electrons. The van der Waals surface area contributed by atoms with Crippen LogP contribution in [0.15, 0.2) is 0 Å². The normalized spacial score (nSPS) is 17.2. The van der Waals surface area contributed by atoms with Gasteiger partial charge in [-0.25, -0.2) is 0 Å². The van der Waals surface area contributed by atoms with Crippen molar-refractivity contribution in [1.82, 2.24) is 4.90 Å². The quantitative estimate of drug-likeness (QED) is 0.737. The van der Waals surface area contributed by atoms with Crippen LogP contribution in [0.25, 0.3) is 0 Å². The van der Waals surface area contributed by atoms with Gasteiger partial charge in [-0.2, -0.15) is 13.2 Å². The van der Waals surface area contributed by atoms with Gasteiger partial charge < -0.3 is 10.8 Å². The molecule has 0 fully saturated rings. The molecule has 1 unspecified atom stereocenters. The van der Waals surface area contributed by atoms with Crippen molar-refractivity contribution in [3.05, 3.63) is 0 Å². The second-order valence-corrected chi connectivity index (χ2v) is 4.43. The zero-order valence-electron chi connectivity index (χ0n) is 9.30. The van der Waals surface area contributed by atoms with Gasteiger partial charge >= 0.3 is 6.18 Å². The Hall–Kier alpha value is -0.330. The molecule has 0 heterocycles. The Balaban J connectivity index is 4.42. The highest BCUT2D eigenvalue weighted by molar-refractivity contribution is 4.84. The summed E-state index contributed by atoms with van der Waals surface area (Å²) in [6.45, 7) is 3.53. The Morgan fingerprint density at radius 1 is 1.27 bits per heavy atom. The predicted octanol–water partition coefficient (Wildman–Crippen LogP) is 0.969. The summed E-state index contributed by atoms with van der Waals surface area (Å²) >= 11 is 0. The first kappa shape index (κ1) is 14.7. The van der Waals surface area contributed by atoms with Gasteiger partial charge in [-0.1, -0.05) is 0 Å². The summed E-state index contributed by atoms with van der Waals surface area (Å²) < 4.78 is 36.6. The highest BCUT2D eigenvalue weighted by Crippen LogP contribution is 2.19. The van der Waals surface area contributed by atoms with Crippen LogP contribution in [-0.2, 0) is 0 Å². The van der Waals surface area contributed by atoms with Crippen molar-refractivity contribution in [3.63, 3.8) is 0 Å². The molecule has 0 saturated carbocycles. The number of nitrogens with two attached hydrogens (primary N) is 1. The highest BCUT2D eigenvalue weighted by atomic mass is 19.4. The van der Waals surface area contributed by atoms with E-state index in [1.165, 1.54) is 11.8 Å². The van der Waals surface area contributed by atoms with Gasteiger partial charge in [0.15, 0.2) is 0 Å². The van der Waals surface area contributed by atoms with E-state index in [1.54, 1.807) is 13.8 Å². The average molecular weight is 228 g/mol. The van der Waals surface area contributed by atoms with E-state index in [9.17, 15) is 13.2 Å². The average Bonchev–Trinajstić information content (AvgIpc) is 2.00. The zero-order valence-corrected chi connectivity index (χ0v) is 9.30. The van der Waals surface area contributed by atoms with Crippen LogP contribution in [0, 0.1) is 0 Å². The Morgan fingerprint density at radius 3 is 2.00 bits per heavy atom. The first-order valence-electron chi connectivity index (χ1n) is 4.78. The molecule has 6 heteroatoms. The summed E-state index contributed by atoms with van der Waals surface area (Å²) in [7, 11) is 0. The topological polar surface area (TPSA) is 49.5 Å². The summed E-state index contributed by atoms with van der Waals surface area (Å²) in [5.74, 6) is 0. The van der Waals surface area contributed by atoms with Gasteiger partial charge in [0.1, 0.15) is 0 Å². The van der Waals surface area contributed by atoms with Crippen LogP contribution < -0.4 is 5.73 Å². The SMILES string of the molecule is CC(C)N(CC(F)(F)F)CC(C)(N)CO. The van der Waals surface area contributed by atoms with Gasteiger partial charge in [-0.3, -0.25) is 4.90 Å². The number of hydrogen-bond acceptors (Lipinski definition) is 3. The fourth-order valence-electron chi connectivity index (χ4n) is 1.17. The van der Waals surface area contributed by atoms with Crippen molar-refractivity contribution in [3.8, 4) is 0 Å². The van der Waals surface area contributed by atoms with Crippen LogP contribution in [0.5, 0.6) is 0 Å². The smallest absolute Gasteiger partial charge is 0.394 e. The Labute approximate surface area is 88.0 Å². The van der Waals surface area contributed by atoms with Crippen LogP contribution in [-0.4, -0.2) is 47.5 Å². The number of alkyl halides is 3. The molecule has 0 rings (SSSR count). The van der Waals surface area contributed by atoms with Crippen molar-refractivity contribution >= 4 is 0 Å². The van der Waals surface area contributed by atoms with Gasteiger partial charge in [0, 0.05) is 18.1 Å². The Morgan fingerprint density at radius 2 is 1.73 bits per heavy atom. The fourth-order valence-corrected chi connectivity index (χ4v) is 1.17. The lowest BCUT2D eigenvalue weighted by molar-refractivity contribution is -0.151. The van der Waals surface area contributed by atoms with Crippen LogP contribution >= 0.6 is 0 Å². The molecular weight excluding hydrogens is 209 g/mol. The van der Waals surface area contributed by atoms with Gasteiger partial charge in [0.05, 0.1) is 13.2 Å². The van der Waals surface area contributed by atoms with E-state index in [1.807, 2.05) is 0 Å². The minimum absolute atomic E-state index is 0.0146. The maximum atomic E-state index is 12.2. The van der Waals surface area contributed by atoms with Crippen LogP contribution in [0.4, 0.5) is 13.2 Å². The van der Waals surface area contributed by atoms with E-state index in [2.05, 4.69) is 0 Å². The maximum Gasteiger partial charge on any atom is 0.401 e. The molecule has 0 aromatic carbocycles. The number of aliphatic hydroxyl groups is 1. The lowest BCUT2D eigenvalue weighted by Gasteiger charge is -2.34. The van der Waals surface area contributed by atoms with E-state index in [0.29, 0.717) is 0 Å². The molecule has 3 nitrogen and oxygen atoms in total. The van der Waals surface area contributed by atoms with E-state index in [-0.39, 0.29) is 19.2 Å². The summed E-state index contributed by atoms with van der Waals surface area (Å²) in [5.41, 5.74) is 4.61. The molecule has 0 aliphatic heterocycles. The first-order valence-corrected chi connectivity index (χ1v) is 4.78. The predicted molar refractivity (Wildman–Crippen MR) is 52.4 cm³/mol. The molecule has 3 N–H and O–H groups in total. The third kappa shape index (κ3) is 6.70. The van der Waals surface area contributed by atoms with Gasteiger partial charge in [0.2, 0.25) is 0 Å². The third-order valence-electron chi connectivity index (χ3n) is 2.04. The molecular formula is C9H19F3N2O. The van der Waals surface area contributed by atoms with Crippen LogP contribution in [0.3, 0.4) is 0 Å². The monoisotopic (exact) mass is 228 g/mol. The van der Waals surface area contributed by atoms with Gasteiger partial charge in [0.25, 0.3) is 0 Å². The number of hydrogen-bond donors (Lipinski definition) is 2. The van der Waals surface area contributed by atoms with Crippen LogP contribution in [0.2, 0.25) is 0 Å². The minimum atomic E-state index is -4.24. The number of aliphatic hydroxyl groups excluding tert-OH is 1. The summed E-state index contributed by atoms with van der Waals surface area (Å²) in [6, 6.07) is -0.263. The number of rotatable bonds is 5. The fraction of sp³-hybridized carbons (Fsp3) is 1.00. The zero-order chi connectivity index (χ0) is 12.3. The van der Waals surface area contributed by atoms with E-state index in [0.717, 1.165) is 0 Å². The van der Waals surface area contributed by atoms with Crippen LogP contribution in [0.1, 0.15) is 20.8 Å². The van der Waals surface area contributed by atoms with Gasteiger partial charge in [-0.05, 0) is 20.8 Å². The molecule has 92 valence electrons. The second-order valence-electron chi connectivity index (χ2n) is 4.43. The van der Waals surface area contributed by atoms with E-state index in [4.69, 9.17) is 10.8 Å². The van der Waals surface area contributed by atoms with Crippen molar-refractivity contribution in [2.24, 2.45) is 5.73 Å². The number of halogens is 3. The molecule has 0 saturated heterocycles. The molecule has 0 amide bonds. The van der Waals surface area contributed by atoms with Crippen molar-refractivity contribution in [2.75, 3.05) is 19.7 Å². The summed E-state index contributed by atoms with van der Waals surface area (Å²) in [4.78, 5) is 1.20. The molecule has 15 heavy (non-hydrogen) atoms. The maximum absolute atomic E-state index is 12.2. The summed E-state index contributed by atoms with van der Waals surface area (Å²) in [5, 5.41) is 8.89. The minimum Gasteiger partial charge on any atom is -0.394 e.